The minimum Gasteiger partial charge on any atom is -0.370 e. The molecule has 0 aliphatic rings. The molecule has 3 N–H and O–H groups in total. The molecule has 0 aliphatic carbocycles. The number of guanidine groups is 1. The van der Waals surface area contributed by atoms with Crippen LogP contribution in [0.1, 0.15) is 38.3 Å². The molecule has 1 heterocycles. The highest BCUT2D eigenvalue weighted by Crippen LogP contribution is 2.06. The first-order valence-electron chi connectivity index (χ1n) is 6.36. The molecule has 0 spiro atoms. The summed E-state index contributed by atoms with van der Waals surface area (Å²) in [5, 5.41) is 3.73. The summed E-state index contributed by atoms with van der Waals surface area (Å²) in [6.45, 7) is 3.55. The van der Waals surface area contributed by atoms with Crippen LogP contribution in [0.3, 0.4) is 0 Å². The fraction of sp³-hybridized carbons (Fsp3) is 0.538. The van der Waals surface area contributed by atoms with Gasteiger partial charge >= 0.3 is 0 Å². The summed E-state index contributed by atoms with van der Waals surface area (Å²) < 4.78 is 0. The molecule has 1 rings (SSSR count). The number of halogens is 2. The van der Waals surface area contributed by atoms with Crippen molar-refractivity contribution in [2.45, 2.75) is 39.2 Å². The number of hydrogen-bond acceptors (Lipinski definition) is 2. The van der Waals surface area contributed by atoms with E-state index in [1.54, 1.807) is 12.3 Å². The van der Waals surface area contributed by atoms with Gasteiger partial charge < -0.3 is 11.1 Å². The molecule has 0 amide bonds. The number of hydrogen-bond donors (Lipinski definition) is 2. The molecule has 108 valence electrons. The van der Waals surface area contributed by atoms with Crippen LogP contribution < -0.4 is 11.1 Å². The average molecular weight is 397 g/mol. The first kappa shape index (κ1) is 18.4. The first-order chi connectivity index (χ1) is 8.72. The predicted octanol–water partition coefficient (Wildman–Crippen LogP) is 3.34. The molecule has 0 bridgehead atoms. The van der Waals surface area contributed by atoms with Crippen molar-refractivity contribution in [3.8, 4) is 0 Å². The third-order valence-electron chi connectivity index (χ3n) is 2.54. The van der Waals surface area contributed by atoms with Gasteiger partial charge in [-0.15, -0.1) is 24.0 Å². The van der Waals surface area contributed by atoms with Crippen molar-refractivity contribution < 1.29 is 0 Å². The van der Waals surface area contributed by atoms with Crippen LogP contribution in [-0.4, -0.2) is 17.5 Å². The maximum Gasteiger partial charge on any atom is 0.188 e. The Morgan fingerprint density at radius 1 is 1.37 bits per heavy atom. The zero-order valence-corrected chi connectivity index (χ0v) is 14.3. The number of aliphatic imine (C=N–C) groups is 1. The minimum absolute atomic E-state index is 0. The van der Waals surface area contributed by atoms with E-state index in [1.165, 1.54) is 19.3 Å². The van der Waals surface area contributed by atoms with E-state index in [4.69, 9.17) is 17.3 Å². The maximum absolute atomic E-state index is 5.75. The number of nitrogens with zero attached hydrogens (tertiary/aromatic N) is 2. The van der Waals surface area contributed by atoms with Gasteiger partial charge in [0.15, 0.2) is 5.96 Å². The van der Waals surface area contributed by atoms with Gasteiger partial charge in [-0.1, -0.05) is 37.8 Å². The lowest BCUT2D eigenvalue weighted by Gasteiger charge is -2.05. The summed E-state index contributed by atoms with van der Waals surface area (Å²) in [5.74, 6) is 0.475. The summed E-state index contributed by atoms with van der Waals surface area (Å²) in [6, 6.07) is 3.65. The normalized spacial score (nSPS) is 10.9. The third-order valence-corrected chi connectivity index (χ3v) is 2.76. The number of nitrogens with one attached hydrogen (secondary N) is 1. The predicted molar refractivity (Wildman–Crippen MR) is 92.1 cm³/mol. The van der Waals surface area contributed by atoms with Crippen molar-refractivity contribution in [3.05, 3.63) is 29.0 Å². The molecule has 0 aromatic carbocycles. The van der Waals surface area contributed by atoms with Crippen molar-refractivity contribution in [2.75, 3.05) is 6.54 Å². The number of unbranched alkanes of at least 4 members (excludes halogenated alkanes) is 3. The van der Waals surface area contributed by atoms with Crippen molar-refractivity contribution in [3.63, 3.8) is 0 Å². The Hall–Kier alpha value is -0.560. The average Bonchev–Trinajstić information content (AvgIpc) is 2.38. The van der Waals surface area contributed by atoms with Crippen molar-refractivity contribution >= 4 is 41.5 Å². The highest BCUT2D eigenvalue weighted by Gasteiger charge is 1.95. The Balaban J connectivity index is 0.00000324. The fourth-order valence-corrected chi connectivity index (χ4v) is 1.60. The van der Waals surface area contributed by atoms with Crippen LogP contribution >= 0.6 is 35.6 Å². The molecular weight excluding hydrogens is 375 g/mol. The Bertz CT molecular complexity index is 367. The second-order valence-electron chi connectivity index (χ2n) is 4.16. The lowest BCUT2D eigenvalue weighted by Crippen LogP contribution is -2.32. The van der Waals surface area contributed by atoms with Crippen molar-refractivity contribution in [1.29, 1.82) is 0 Å². The van der Waals surface area contributed by atoms with Crippen LogP contribution in [0.25, 0.3) is 0 Å². The van der Waals surface area contributed by atoms with Crippen LogP contribution in [0.4, 0.5) is 0 Å². The number of nitrogens with two attached hydrogens (primary N) is 1. The van der Waals surface area contributed by atoms with Crippen LogP contribution in [0.15, 0.2) is 23.3 Å². The molecule has 0 aliphatic heterocycles. The van der Waals surface area contributed by atoms with Crippen LogP contribution in [-0.2, 0) is 6.54 Å². The van der Waals surface area contributed by atoms with Crippen molar-refractivity contribution in [1.82, 2.24) is 10.3 Å². The van der Waals surface area contributed by atoms with E-state index in [0.29, 0.717) is 17.5 Å². The Morgan fingerprint density at radius 2 is 2.16 bits per heavy atom. The minimum atomic E-state index is 0. The molecular formula is C13H22ClIN4. The van der Waals surface area contributed by atoms with Crippen molar-refractivity contribution in [2.24, 2.45) is 10.7 Å². The van der Waals surface area contributed by atoms with E-state index in [0.717, 1.165) is 18.7 Å². The molecule has 0 unspecified atom stereocenters. The standard InChI is InChI=1S/C13H21ClN4.HI/c1-2-3-4-5-8-16-13(15)18-10-12-7-6-11(14)9-17-12;/h6-7,9H,2-5,8,10H2,1H3,(H3,15,16,18);1H. The van der Waals surface area contributed by atoms with Crippen LogP contribution in [0.5, 0.6) is 0 Å². The highest BCUT2D eigenvalue weighted by atomic mass is 127. The summed E-state index contributed by atoms with van der Waals surface area (Å²) >= 11 is 5.75. The largest absolute Gasteiger partial charge is 0.370 e. The molecule has 0 saturated carbocycles. The highest BCUT2D eigenvalue weighted by molar-refractivity contribution is 14.0. The SMILES string of the molecule is CCCCCCNC(N)=NCc1ccc(Cl)cn1.I. The zero-order valence-electron chi connectivity index (χ0n) is 11.2. The summed E-state index contributed by atoms with van der Waals surface area (Å²) in [7, 11) is 0. The summed E-state index contributed by atoms with van der Waals surface area (Å²) in [6.07, 6.45) is 6.48. The molecule has 0 fully saturated rings. The Morgan fingerprint density at radius 3 is 2.79 bits per heavy atom. The molecule has 1 aromatic heterocycles. The van der Waals surface area contributed by atoms with E-state index in [1.807, 2.05) is 6.07 Å². The molecule has 4 nitrogen and oxygen atoms in total. The van der Waals surface area contributed by atoms with Gasteiger partial charge in [-0.2, -0.15) is 0 Å². The van der Waals surface area contributed by atoms with E-state index in [2.05, 4.69) is 22.2 Å². The lowest BCUT2D eigenvalue weighted by atomic mass is 10.2. The van der Waals surface area contributed by atoms with Crippen LogP contribution in [0, 0.1) is 0 Å². The topological polar surface area (TPSA) is 63.3 Å². The van der Waals surface area contributed by atoms with Gasteiger partial charge in [0.2, 0.25) is 0 Å². The monoisotopic (exact) mass is 396 g/mol. The number of aromatic nitrogens is 1. The van der Waals surface area contributed by atoms with Gasteiger partial charge in [0.1, 0.15) is 0 Å². The number of pyridine rings is 1. The quantitative estimate of drug-likeness (QED) is 0.321. The van der Waals surface area contributed by atoms with E-state index in [9.17, 15) is 0 Å². The first-order valence-corrected chi connectivity index (χ1v) is 6.74. The van der Waals surface area contributed by atoms with E-state index in [-0.39, 0.29) is 24.0 Å². The molecule has 0 atom stereocenters. The van der Waals surface area contributed by atoms with Gasteiger partial charge in [0.05, 0.1) is 17.3 Å². The zero-order chi connectivity index (χ0) is 13.2. The molecule has 0 radical (unpaired) electrons. The third kappa shape index (κ3) is 9.04. The van der Waals surface area contributed by atoms with Gasteiger partial charge in [-0.25, -0.2) is 4.99 Å². The Labute approximate surface area is 137 Å². The lowest BCUT2D eigenvalue weighted by molar-refractivity contribution is 0.652. The van der Waals surface area contributed by atoms with E-state index < -0.39 is 0 Å². The molecule has 19 heavy (non-hydrogen) atoms. The van der Waals surface area contributed by atoms with Gasteiger partial charge in [0.25, 0.3) is 0 Å². The Kier molecular flexibility index (Phi) is 10.9. The second kappa shape index (κ2) is 11.3. The second-order valence-corrected chi connectivity index (χ2v) is 4.59. The van der Waals surface area contributed by atoms with E-state index >= 15 is 0 Å². The summed E-state index contributed by atoms with van der Waals surface area (Å²) in [4.78, 5) is 8.37. The molecule has 1 aromatic rings. The smallest absolute Gasteiger partial charge is 0.188 e. The fourth-order valence-electron chi connectivity index (χ4n) is 1.49. The van der Waals surface area contributed by atoms with Gasteiger partial charge in [-0.3, -0.25) is 4.98 Å². The molecule has 0 saturated heterocycles. The van der Waals surface area contributed by atoms with Crippen LogP contribution in [0.2, 0.25) is 5.02 Å². The summed E-state index contributed by atoms with van der Waals surface area (Å²) in [5.41, 5.74) is 6.61. The maximum atomic E-state index is 5.75. The van der Waals surface area contributed by atoms with Gasteiger partial charge in [0, 0.05) is 12.7 Å². The van der Waals surface area contributed by atoms with Gasteiger partial charge in [-0.05, 0) is 18.6 Å². The number of rotatable bonds is 7. The molecule has 6 heteroatoms.